The Balaban J connectivity index is 1.52. The first-order chi connectivity index (χ1) is 19.2. The number of nitrogens with zero attached hydrogens (tertiary/aromatic N) is 2. The number of amides is 1. The summed E-state index contributed by atoms with van der Waals surface area (Å²) in [5.74, 6) is -0.419. The summed E-state index contributed by atoms with van der Waals surface area (Å²) in [6.45, 7) is 4.90. The van der Waals surface area contributed by atoms with Crippen molar-refractivity contribution in [1.82, 2.24) is 15.1 Å². The lowest BCUT2D eigenvalue weighted by Gasteiger charge is -2.32. The Bertz CT molecular complexity index is 1310. The first kappa shape index (κ1) is 29.7. The molecule has 1 aliphatic heterocycles. The van der Waals surface area contributed by atoms with E-state index in [9.17, 15) is 14.7 Å². The van der Waals surface area contributed by atoms with Gasteiger partial charge in [0.2, 0.25) is 0 Å². The standard InChI is InChI=1S/C30H33Cl2N3O5/c1-34-11-13-35(14-12-34)18-20-16-25(39-2)27(26(17-20)40-3)21-9-7-19(8-10-21)15-24(30(37)38)33-29(36)28-22(31)5-4-6-23(28)32/h4-10,16-17,24H,11-15,18H2,1-3H3,(H,33,36)(H,37,38)/t24-/m0/s1. The maximum atomic E-state index is 12.8. The SMILES string of the molecule is COc1cc(CN2CCN(C)CC2)cc(OC)c1-c1ccc(C[C@H](NC(=O)c2c(Cl)cccc2Cl)C(=O)O)cc1. The van der Waals surface area contributed by atoms with Gasteiger partial charge in [-0.1, -0.05) is 53.5 Å². The second-order valence-electron chi connectivity index (χ2n) is 9.82. The topological polar surface area (TPSA) is 91.3 Å². The molecule has 0 aromatic heterocycles. The third-order valence-corrected chi connectivity index (χ3v) is 7.67. The Kier molecular flexibility index (Phi) is 9.92. The molecule has 1 aliphatic rings. The van der Waals surface area contributed by atoms with Gasteiger partial charge in [-0.3, -0.25) is 9.69 Å². The van der Waals surface area contributed by atoms with E-state index in [1.807, 2.05) is 36.4 Å². The van der Waals surface area contributed by atoms with Crippen LogP contribution in [-0.4, -0.2) is 80.3 Å². The van der Waals surface area contributed by atoms with Gasteiger partial charge < -0.3 is 24.8 Å². The van der Waals surface area contributed by atoms with E-state index in [4.69, 9.17) is 32.7 Å². The van der Waals surface area contributed by atoms with E-state index in [2.05, 4.69) is 22.2 Å². The fraction of sp³-hybridized carbons (Fsp3) is 0.333. The van der Waals surface area contributed by atoms with Gasteiger partial charge in [0.1, 0.15) is 17.5 Å². The Morgan fingerprint density at radius 1 is 0.925 bits per heavy atom. The summed E-state index contributed by atoms with van der Waals surface area (Å²) < 4.78 is 11.5. The summed E-state index contributed by atoms with van der Waals surface area (Å²) in [4.78, 5) is 29.5. The van der Waals surface area contributed by atoms with Crippen LogP contribution in [0, 0.1) is 0 Å². The van der Waals surface area contributed by atoms with E-state index < -0.39 is 17.9 Å². The number of piperazine rings is 1. The third-order valence-electron chi connectivity index (χ3n) is 7.04. The van der Waals surface area contributed by atoms with Crippen LogP contribution < -0.4 is 14.8 Å². The van der Waals surface area contributed by atoms with E-state index in [1.54, 1.807) is 20.3 Å². The number of carboxylic acids is 1. The molecule has 3 aromatic carbocycles. The van der Waals surface area contributed by atoms with E-state index >= 15 is 0 Å². The lowest BCUT2D eigenvalue weighted by atomic mass is 9.97. The molecule has 1 heterocycles. The number of likely N-dealkylation sites (N-methyl/N-ethyl adjacent to an activating group) is 1. The van der Waals surface area contributed by atoms with Crippen LogP contribution in [0.15, 0.2) is 54.6 Å². The molecule has 8 nitrogen and oxygen atoms in total. The highest BCUT2D eigenvalue weighted by molar-refractivity contribution is 6.39. The molecule has 0 radical (unpaired) electrons. The average molecular weight is 587 g/mol. The highest BCUT2D eigenvalue weighted by Crippen LogP contribution is 2.40. The molecule has 10 heteroatoms. The molecule has 0 bridgehead atoms. The molecule has 4 rings (SSSR count). The van der Waals surface area contributed by atoms with Crippen molar-refractivity contribution in [3.8, 4) is 22.6 Å². The molecular formula is C30H33Cl2N3O5. The maximum absolute atomic E-state index is 12.8. The number of carbonyl (C=O) groups excluding carboxylic acids is 1. The molecule has 1 fully saturated rings. The van der Waals surface area contributed by atoms with Gasteiger partial charge in [0.25, 0.3) is 5.91 Å². The maximum Gasteiger partial charge on any atom is 0.326 e. The van der Waals surface area contributed by atoms with Crippen molar-refractivity contribution >= 4 is 35.1 Å². The number of carboxylic acid groups (broad SMARTS) is 1. The summed E-state index contributed by atoms with van der Waals surface area (Å²) in [7, 11) is 5.41. The Labute approximate surface area is 244 Å². The Morgan fingerprint density at radius 3 is 2.02 bits per heavy atom. The van der Waals surface area contributed by atoms with Gasteiger partial charge in [-0.2, -0.15) is 0 Å². The molecule has 2 N–H and O–H groups in total. The van der Waals surface area contributed by atoms with Crippen LogP contribution in [0.3, 0.4) is 0 Å². The third kappa shape index (κ3) is 7.06. The molecule has 0 saturated carbocycles. The molecule has 1 atom stereocenters. The van der Waals surface area contributed by atoms with Crippen LogP contribution in [0.5, 0.6) is 11.5 Å². The number of methoxy groups -OCH3 is 2. The summed E-state index contributed by atoms with van der Waals surface area (Å²) in [5.41, 5.74) is 3.56. The zero-order valence-electron chi connectivity index (χ0n) is 22.7. The van der Waals surface area contributed by atoms with Gasteiger partial charge in [0.05, 0.1) is 35.4 Å². The molecule has 0 spiro atoms. The fourth-order valence-corrected chi connectivity index (χ4v) is 5.36. The van der Waals surface area contributed by atoms with Crippen LogP contribution in [0.25, 0.3) is 11.1 Å². The number of benzene rings is 3. The van der Waals surface area contributed by atoms with Crippen molar-refractivity contribution < 1.29 is 24.2 Å². The summed E-state index contributed by atoms with van der Waals surface area (Å²) in [6, 6.07) is 15.0. The number of nitrogens with one attached hydrogen (secondary N) is 1. The quantitative estimate of drug-likeness (QED) is 0.351. The predicted octanol–water partition coefficient (Wildman–Crippen LogP) is 4.85. The van der Waals surface area contributed by atoms with Crippen molar-refractivity contribution in [3.05, 3.63) is 81.3 Å². The van der Waals surface area contributed by atoms with Gasteiger partial charge in [-0.25, -0.2) is 4.79 Å². The molecule has 40 heavy (non-hydrogen) atoms. The van der Waals surface area contributed by atoms with Gasteiger partial charge in [-0.05, 0) is 48.0 Å². The molecule has 1 saturated heterocycles. The average Bonchev–Trinajstić information content (AvgIpc) is 2.93. The molecule has 0 aliphatic carbocycles. The van der Waals surface area contributed by atoms with Crippen LogP contribution in [0.1, 0.15) is 21.5 Å². The zero-order chi connectivity index (χ0) is 28.8. The van der Waals surface area contributed by atoms with Crippen LogP contribution in [-0.2, 0) is 17.8 Å². The molecule has 212 valence electrons. The predicted molar refractivity (Wildman–Crippen MR) is 157 cm³/mol. The minimum absolute atomic E-state index is 0.0442. The van der Waals surface area contributed by atoms with Gasteiger partial charge in [-0.15, -0.1) is 0 Å². The van der Waals surface area contributed by atoms with Gasteiger partial charge >= 0.3 is 5.97 Å². The molecule has 1 amide bonds. The van der Waals surface area contributed by atoms with Crippen molar-refractivity contribution in [2.75, 3.05) is 47.4 Å². The minimum Gasteiger partial charge on any atom is -0.496 e. The van der Waals surface area contributed by atoms with Gasteiger partial charge in [0, 0.05) is 39.1 Å². The number of hydrogen-bond donors (Lipinski definition) is 2. The second kappa shape index (κ2) is 13.4. The number of hydrogen-bond acceptors (Lipinski definition) is 6. The van der Waals surface area contributed by atoms with E-state index in [0.717, 1.165) is 55.0 Å². The summed E-state index contributed by atoms with van der Waals surface area (Å²) in [5, 5.41) is 12.6. The molecular weight excluding hydrogens is 553 g/mol. The number of ether oxygens (including phenoxy) is 2. The van der Waals surface area contributed by atoms with Crippen LogP contribution >= 0.6 is 23.2 Å². The van der Waals surface area contributed by atoms with Crippen molar-refractivity contribution in [3.63, 3.8) is 0 Å². The Hall–Kier alpha value is -3.30. The smallest absolute Gasteiger partial charge is 0.326 e. The van der Waals surface area contributed by atoms with E-state index in [0.29, 0.717) is 11.5 Å². The second-order valence-corrected chi connectivity index (χ2v) is 10.6. The summed E-state index contributed by atoms with van der Waals surface area (Å²) >= 11 is 12.2. The lowest BCUT2D eigenvalue weighted by Crippen LogP contribution is -2.43. The normalized spacial score (nSPS) is 14.9. The van der Waals surface area contributed by atoms with Crippen LogP contribution in [0.2, 0.25) is 10.0 Å². The zero-order valence-corrected chi connectivity index (χ0v) is 24.3. The highest BCUT2D eigenvalue weighted by Gasteiger charge is 2.24. The number of aliphatic carboxylic acids is 1. The largest absolute Gasteiger partial charge is 0.496 e. The summed E-state index contributed by atoms with van der Waals surface area (Å²) in [6.07, 6.45) is 0.0711. The van der Waals surface area contributed by atoms with E-state index in [-0.39, 0.29) is 22.0 Å². The highest BCUT2D eigenvalue weighted by atomic mass is 35.5. The first-order valence-corrected chi connectivity index (χ1v) is 13.7. The molecule has 3 aromatic rings. The number of halogens is 2. The van der Waals surface area contributed by atoms with E-state index in [1.165, 1.54) is 12.1 Å². The number of rotatable bonds is 10. The van der Waals surface area contributed by atoms with Crippen molar-refractivity contribution in [1.29, 1.82) is 0 Å². The monoisotopic (exact) mass is 585 g/mol. The minimum atomic E-state index is -1.18. The lowest BCUT2D eigenvalue weighted by molar-refractivity contribution is -0.139. The van der Waals surface area contributed by atoms with Crippen molar-refractivity contribution in [2.24, 2.45) is 0 Å². The first-order valence-electron chi connectivity index (χ1n) is 12.9. The van der Waals surface area contributed by atoms with Crippen molar-refractivity contribution in [2.45, 2.75) is 19.0 Å². The van der Waals surface area contributed by atoms with Crippen LogP contribution in [0.4, 0.5) is 0 Å². The fourth-order valence-electron chi connectivity index (χ4n) is 4.79. The number of carbonyl (C=O) groups is 2. The Morgan fingerprint density at radius 2 is 1.50 bits per heavy atom. The van der Waals surface area contributed by atoms with Gasteiger partial charge in [0.15, 0.2) is 0 Å². The molecule has 0 unspecified atom stereocenters.